The molecule has 0 radical (unpaired) electrons. The van der Waals surface area contributed by atoms with E-state index in [1.165, 1.54) is 0 Å². The number of hydrogen-bond acceptors (Lipinski definition) is 6. The van der Waals surface area contributed by atoms with Gasteiger partial charge in [-0.1, -0.05) is 10.3 Å². The largest absolute Gasteiger partial charge is 0.341 e. The van der Waals surface area contributed by atoms with Crippen molar-refractivity contribution in [1.82, 2.24) is 24.8 Å². The molecule has 0 saturated carbocycles. The van der Waals surface area contributed by atoms with Gasteiger partial charge in [-0.25, -0.2) is 9.61 Å². The van der Waals surface area contributed by atoms with E-state index in [4.69, 9.17) is 0 Å². The zero-order chi connectivity index (χ0) is 21.3. The Morgan fingerprint density at radius 3 is 2.87 bits per heavy atom. The van der Waals surface area contributed by atoms with Crippen molar-refractivity contribution in [2.75, 3.05) is 18.4 Å². The van der Waals surface area contributed by atoms with Gasteiger partial charge in [-0.2, -0.15) is 0 Å². The smallest absolute Gasteiger partial charge is 0.232 e. The maximum Gasteiger partial charge on any atom is 0.232 e. The summed E-state index contributed by atoms with van der Waals surface area (Å²) in [6.45, 7) is 7.58. The fourth-order valence-electron chi connectivity index (χ4n) is 3.98. The summed E-state index contributed by atoms with van der Waals surface area (Å²) in [6.07, 6.45) is 3.42. The number of hydrogen-bond donors (Lipinski definition) is 1. The topological polar surface area (TPSA) is 106 Å². The number of rotatable bonds is 5. The normalized spacial score (nSPS) is 19.2. The van der Waals surface area contributed by atoms with E-state index in [1.54, 1.807) is 18.2 Å². The summed E-state index contributed by atoms with van der Waals surface area (Å²) < 4.78 is 6.73. The van der Waals surface area contributed by atoms with Crippen molar-refractivity contribution in [3.8, 4) is 0 Å². The number of imidazole rings is 1. The molecule has 1 atom stereocenters. The molecule has 9 nitrogen and oxygen atoms in total. The Morgan fingerprint density at radius 2 is 2.13 bits per heavy atom. The lowest BCUT2D eigenvalue weighted by atomic mass is 9.80. The number of likely N-dealkylation sites (tertiary alicyclic amines) is 1. The third-order valence-corrected chi connectivity index (χ3v) is 5.88. The Bertz CT molecular complexity index is 1090. The Balaban J connectivity index is 1.45. The molecule has 1 fully saturated rings. The van der Waals surface area contributed by atoms with Crippen LogP contribution < -0.4 is 5.32 Å². The van der Waals surface area contributed by atoms with Crippen LogP contribution in [0.15, 0.2) is 29.2 Å². The molecule has 3 heterocycles. The van der Waals surface area contributed by atoms with Crippen molar-refractivity contribution < 1.29 is 14.2 Å². The molecule has 1 aliphatic rings. The number of piperidine rings is 1. The number of nitrogens with one attached hydrogen (secondary N) is 1. The number of amides is 2. The number of aromatic nitrogens is 4. The van der Waals surface area contributed by atoms with E-state index >= 15 is 0 Å². The molecule has 9 heteroatoms. The zero-order valence-electron chi connectivity index (χ0n) is 17.5. The van der Waals surface area contributed by atoms with Crippen LogP contribution in [0.5, 0.6) is 0 Å². The van der Waals surface area contributed by atoms with Gasteiger partial charge in [0.25, 0.3) is 0 Å². The second kappa shape index (κ2) is 7.89. The molecular formula is C21H26N6O3. The third-order valence-electron chi connectivity index (χ3n) is 5.88. The van der Waals surface area contributed by atoms with E-state index < -0.39 is 5.41 Å². The van der Waals surface area contributed by atoms with Crippen molar-refractivity contribution in [3.05, 3.63) is 35.9 Å². The van der Waals surface area contributed by atoms with Gasteiger partial charge < -0.3 is 14.8 Å². The molecule has 1 saturated heterocycles. The first-order chi connectivity index (χ1) is 14.4. The van der Waals surface area contributed by atoms with Gasteiger partial charge in [0.2, 0.25) is 11.8 Å². The van der Waals surface area contributed by atoms with Crippen molar-refractivity contribution in [3.63, 3.8) is 0 Å². The summed E-state index contributed by atoms with van der Waals surface area (Å²) in [5.41, 5.74) is 3.08. The second-order valence-electron chi connectivity index (χ2n) is 8.14. The maximum atomic E-state index is 13.1. The van der Waals surface area contributed by atoms with Crippen molar-refractivity contribution in [2.24, 2.45) is 5.41 Å². The number of fused-ring (bicyclic) bond motifs is 1. The minimum atomic E-state index is -0.664. The van der Waals surface area contributed by atoms with E-state index in [9.17, 15) is 9.59 Å². The van der Waals surface area contributed by atoms with Gasteiger partial charge in [0.15, 0.2) is 0 Å². The number of benzene rings is 1. The standard InChI is InChI=1S/C21H26N6O3/c1-4-26-13-22-17-10-15(6-7-18(17)26)23-20(29)21(3)8-5-9-27(12-21)19(28)11-16-14(2)24-30-25-16/h6-7,10,13H,4-5,8-9,11-12H2,1-3H3,(H,23,29). The summed E-state index contributed by atoms with van der Waals surface area (Å²) in [4.78, 5) is 32.0. The molecule has 3 aromatic rings. The molecule has 0 spiro atoms. The predicted molar refractivity (Wildman–Crippen MR) is 111 cm³/mol. The highest BCUT2D eigenvalue weighted by Gasteiger charge is 2.39. The molecule has 1 aliphatic heterocycles. The summed E-state index contributed by atoms with van der Waals surface area (Å²) in [5, 5.41) is 10.5. The summed E-state index contributed by atoms with van der Waals surface area (Å²) >= 11 is 0. The molecule has 1 aromatic carbocycles. The quantitative estimate of drug-likeness (QED) is 0.693. The molecule has 1 unspecified atom stereocenters. The van der Waals surface area contributed by atoms with Crippen molar-refractivity contribution in [1.29, 1.82) is 0 Å². The Kier molecular flexibility index (Phi) is 5.27. The van der Waals surface area contributed by atoms with Crippen LogP contribution in [0.25, 0.3) is 11.0 Å². The third kappa shape index (κ3) is 3.79. The molecule has 2 aromatic heterocycles. The van der Waals surface area contributed by atoms with E-state index in [2.05, 4.69) is 36.7 Å². The fraction of sp³-hybridized carbons (Fsp3) is 0.476. The van der Waals surface area contributed by atoms with Crippen LogP contribution in [-0.4, -0.2) is 49.7 Å². The van der Waals surface area contributed by atoms with Crippen molar-refractivity contribution in [2.45, 2.75) is 46.6 Å². The van der Waals surface area contributed by atoms with Crippen LogP contribution in [0, 0.1) is 12.3 Å². The van der Waals surface area contributed by atoms with Gasteiger partial charge in [0.05, 0.1) is 29.2 Å². The monoisotopic (exact) mass is 410 g/mol. The predicted octanol–water partition coefficient (Wildman–Crippen LogP) is 2.56. The van der Waals surface area contributed by atoms with Gasteiger partial charge in [-0.15, -0.1) is 0 Å². The van der Waals surface area contributed by atoms with Crippen LogP contribution in [0.4, 0.5) is 5.69 Å². The molecule has 2 amide bonds. The Labute approximate surface area is 174 Å². The zero-order valence-corrected chi connectivity index (χ0v) is 17.5. The second-order valence-corrected chi connectivity index (χ2v) is 8.14. The van der Waals surface area contributed by atoms with Crippen LogP contribution in [0.2, 0.25) is 0 Å². The van der Waals surface area contributed by atoms with Crippen molar-refractivity contribution >= 4 is 28.5 Å². The summed E-state index contributed by atoms with van der Waals surface area (Å²) in [5.74, 6) is -0.160. The molecule has 1 N–H and O–H groups in total. The molecule has 0 aliphatic carbocycles. The van der Waals surface area contributed by atoms with Crippen LogP contribution >= 0.6 is 0 Å². The lowest BCUT2D eigenvalue weighted by Crippen LogP contribution is -2.50. The van der Waals surface area contributed by atoms with Gasteiger partial charge >= 0.3 is 0 Å². The minimum Gasteiger partial charge on any atom is -0.341 e. The van der Waals surface area contributed by atoms with Gasteiger partial charge in [0, 0.05) is 25.3 Å². The Morgan fingerprint density at radius 1 is 1.30 bits per heavy atom. The highest BCUT2D eigenvalue weighted by Crippen LogP contribution is 2.32. The number of anilines is 1. The first kappa shape index (κ1) is 20.1. The molecule has 0 bridgehead atoms. The van der Waals surface area contributed by atoms with Gasteiger partial charge in [-0.05, 0) is 51.8 Å². The van der Waals surface area contributed by atoms with E-state index in [1.807, 2.05) is 25.1 Å². The van der Waals surface area contributed by atoms with E-state index in [0.29, 0.717) is 30.2 Å². The fourth-order valence-corrected chi connectivity index (χ4v) is 3.98. The SMILES string of the molecule is CCn1cnc2cc(NC(=O)C3(C)CCCN(C(=O)Cc4nonc4C)C3)ccc21. The van der Waals surface area contributed by atoms with Gasteiger partial charge in [-0.3, -0.25) is 9.59 Å². The number of nitrogens with zero attached hydrogens (tertiary/aromatic N) is 5. The van der Waals surface area contributed by atoms with Crippen LogP contribution in [-0.2, 0) is 22.6 Å². The average Bonchev–Trinajstić information content (AvgIpc) is 3.33. The Hall–Kier alpha value is -3.23. The molecular weight excluding hydrogens is 384 g/mol. The number of carbonyl (C=O) groups excluding carboxylic acids is 2. The minimum absolute atomic E-state index is 0.0703. The number of aryl methyl sites for hydroxylation is 2. The number of carbonyl (C=O) groups is 2. The highest BCUT2D eigenvalue weighted by atomic mass is 16.6. The maximum absolute atomic E-state index is 13.1. The van der Waals surface area contributed by atoms with Crippen LogP contribution in [0.1, 0.15) is 38.1 Å². The van der Waals surface area contributed by atoms with E-state index in [-0.39, 0.29) is 18.2 Å². The summed E-state index contributed by atoms with van der Waals surface area (Å²) in [6, 6.07) is 5.74. The first-order valence-corrected chi connectivity index (χ1v) is 10.2. The molecule has 158 valence electrons. The average molecular weight is 410 g/mol. The lowest BCUT2D eigenvalue weighted by molar-refractivity contribution is -0.137. The van der Waals surface area contributed by atoms with Crippen LogP contribution in [0.3, 0.4) is 0 Å². The summed E-state index contributed by atoms with van der Waals surface area (Å²) in [7, 11) is 0. The first-order valence-electron chi connectivity index (χ1n) is 10.2. The molecule has 4 rings (SSSR count). The molecule has 30 heavy (non-hydrogen) atoms. The van der Waals surface area contributed by atoms with E-state index in [0.717, 1.165) is 30.4 Å². The van der Waals surface area contributed by atoms with Gasteiger partial charge in [0.1, 0.15) is 11.4 Å². The lowest BCUT2D eigenvalue weighted by Gasteiger charge is -2.39. The highest BCUT2D eigenvalue weighted by molar-refractivity contribution is 5.97.